The van der Waals surface area contributed by atoms with E-state index in [1.807, 2.05) is 0 Å². The first-order chi connectivity index (χ1) is 12.0. The first-order valence-electron chi connectivity index (χ1n) is 7.43. The van der Waals surface area contributed by atoms with Crippen LogP contribution in [0.1, 0.15) is 17.5 Å². The Kier molecular flexibility index (Phi) is 3.41. The van der Waals surface area contributed by atoms with Crippen LogP contribution in [0.4, 0.5) is 5.95 Å². The molecule has 0 bridgehead atoms. The number of thiazole rings is 1. The number of aliphatic hydroxyl groups is 1. The Morgan fingerprint density at radius 3 is 2.84 bits per heavy atom. The van der Waals surface area contributed by atoms with Crippen LogP contribution >= 0.6 is 11.3 Å². The Hall–Kier alpha value is -3.04. The molecule has 25 heavy (non-hydrogen) atoms. The molecule has 0 amide bonds. The monoisotopic (exact) mass is 354 g/mol. The number of nitrogens with one attached hydrogen (secondary N) is 1. The van der Waals surface area contributed by atoms with Crippen molar-refractivity contribution in [2.45, 2.75) is 12.5 Å². The summed E-state index contributed by atoms with van der Waals surface area (Å²) in [5, 5.41) is 13.3. The van der Waals surface area contributed by atoms with Crippen LogP contribution in [0.15, 0.2) is 46.8 Å². The minimum atomic E-state index is -1.27. The number of benzene rings is 1. The number of aromatic amines is 1. The molecule has 126 valence electrons. The maximum absolute atomic E-state index is 12.4. The third kappa shape index (κ3) is 2.49. The number of anilines is 1. The van der Waals surface area contributed by atoms with Gasteiger partial charge in [-0.15, -0.1) is 11.3 Å². The van der Waals surface area contributed by atoms with Gasteiger partial charge in [0.15, 0.2) is 0 Å². The second-order valence-corrected chi connectivity index (χ2v) is 6.57. The molecule has 3 aromatic heterocycles. The number of aromatic nitrogens is 5. The zero-order chi connectivity index (χ0) is 17.6. The molecule has 0 radical (unpaired) electrons. The van der Waals surface area contributed by atoms with Gasteiger partial charge in [0.1, 0.15) is 16.4 Å². The highest BCUT2D eigenvalue weighted by atomic mass is 32.1. The van der Waals surface area contributed by atoms with Gasteiger partial charge in [0, 0.05) is 23.8 Å². The Labute approximate surface area is 145 Å². The minimum absolute atomic E-state index is 0.0738. The quantitative estimate of drug-likeness (QED) is 0.511. The smallest absolute Gasteiger partial charge is 0.332 e. The number of nitrogen functional groups attached to an aromatic ring is 1. The number of fused-ring (bicyclic) bond motifs is 1. The van der Waals surface area contributed by atoms with Crippen LogP contribution in [0.5, 0.6) is 0 Å². The van der Waals surface area contributed by atoms with Crippen LogP contribution < -0.4 is 11.4 Å². The fraction of sp³-hybridized carbons (Fsp3) is 0.125. The number of hydrogen-bond acceptors (Lipinski definition) is 7. The van der Waals surface area contributed by atoms with E-state index in [9.17, 15) is 9.90 Å². The van der Waals surface area contributed by atoms with Gasteiger partial charge in [-0.25, -0.2) is 19.3 Å². The molecule has 0 aliphatic heterocycles. The Balaban J connectivity index is 1.94. The molecule has 8 nitrogen and oxygen atoms in total. The average molecular weight is 354 g/mol. The number of H-pyrrole nitrogens is 1. The summed E-state index contributed by atoms with van der Waals surface area (Å²) in [5.41, 5.74) is 5.83. The molecule has 0 spiro atoms. The van der Waals surface area contributed by atoms with Crippen molar-refractivity contribution in [1.82, 2.24) is 24.5 Å². The Morgan fingerprint density at radius 1 is 1.28 bits per heavy atom. The number of imidazole rings is 1. The maximum Gasteiger partial charge on any atom is 0.332 e. The SMILES string of the molecule is C[C@@](O)(c1ccc2[nH]c(=O)n(-c3ccnc(N)n3)c2c1)c1nccs1. The normalized spacial score (nSPS) is 13.8. The fourth-order valence-electron chi connectivity index (χ4n) is 2.71. The van der Waals surface area contributed by atoms with Gasteiger partial charge in [-0.3, -0.25) is 0 Å². The third-order valence-corrected chi connectivity index (χ3v) is 4.97. The van der Waals surface area contributed by atoms with Crippen LogP contribution in [0.3, 0.4) is 0 Å². The lowest BCUT2D eigenvalue weighted by atomic mass is 9.96. The van der Waals surface area contributed by atoms with Crippen molar-refractivity contribution in [3.05, 3.63) is 63.1 Å². The van der Waals surface area contributed by atoms with Crippen molar-refractivity contribution in [3.8, 4) is 5.82 Å². The molecule has 0 saturated carbocycles. The number of rotatable bonds is 3. The maximum atomic E-state index is 12.4. The lowest BCUT2D eigenvalue weighted by Crippen LogP contribution is -2.22. The zero-order valence-electron chi connectivity index (χ0n) is 13.2. The van der Waals surface area contributed by atoms with Crippen molar-refractivity contribution in [2.75, 3.05) is 5.73 Å². The molecule has 0 unspecified atom stereocenters. The molecule has 4 N–H and O–H groups in total. The van der Waals surface area contributed by atoms with Crippen LogP contribution in [-0.4, -0.2) is 29.6 Å². The summed E-state index contributed by atoms with van der Waals surface area (Å²) in [7, 11) is 0. The van der Waals surface area contributed by atoms with Gasteiger partial charge in [-0.2, -0.15) is 4.98 Å². The average Bonchev–Trinajstić information content (AvgIpc) is 3.21. The lowest BCUT2D eigenvalue weighted by molar-refractivity contribution is 0.102. The number of nitrogens with zero attached hydrogens (tertiary/aromatic N) is 4. The number of nitrogens with two attached hydrogens (primary N) is 1. The van der Waals surface area contributed by atoms with Crippen LogP contribution in [0.25, 0.3) is 16.9 Å². The van der Waals surface area contributed by atoms with Crippen molar-refractivity contribution < 1.29 is 5.11 Å². The summed E-state index contributed by atoms with van der Waals surface area (Å²) in [4.78, 5) is 27.3. The summed E-state index contributed by atoms with van der Waals surface area (Å²) < 4.78 is 1.40. The number of hydrogen-bond donors (Lipinski definition) is 3. The molecule has 1 aromatic carbocycles. The molecule has 3 heterocycles. The van der Waals surface area contributed by atoms with E-state index >= 15 is 0 Å². The van der Waals surface area contributed by atoms with E-state index in [-0.39, 0.29) is 11.6 Å². The van der Waals surface area contributed by atoms with E-state index in [0.717, 1.165) is 0 Å². The summed E-state index contributed by atoms with van der Waals surface area (Å²) in [5.74, 6) is 0.430. The lowest BCUT2D eigenvalue weighted by Gasteiger charge is -2.21. The fourth-order valence-corrected chi connectivity index (χ4v) is 3.43. The van der Waals surface area contributed by atoms with Gasteiger partial charge in [-0.05, 0) is 24.6 Å². The minimum Gasteiger partial charge on any atom is -0.378 e. The predicted molar refractivity (Wildman–Crippen MR) is 94.7 cm³/mol. The van der Waals surface area contributed by atoms with Gasteiger partial charge < -0.3 is 15.8 Å². The van der Waals surface area contributed by atoms with Crippen LogP contribution in [0, 0.1) is 0 Å². The summed E-state index contributed by atoms with van der Waals surface area (Å²) >= 11 is 1.36. The van der Waals surface area contributed by atoms with Gasteiger partial charge in [0.2, 0.25) is 5.95 Å². The van der Waals surface area contributed by atoms with Gasteiger partial charge in [-0.1, -0.05) is 6.07 Å². The largest absolute Gasteiger partial charge is 0.378 e. The molecular weight excluding hydrogens is 340 g/mol. The van der Waals surface area contributed by atoms with Crippen LogP contribution in [-0.2, 0) is 5.60 Å². The molecule has 1 atom stereocenters. The topological polar surface area (TPSA) is 123 Å². The van der Waals surface area contributed by atoms with E-state index in [2.05, 4.69) is 19.9 Å². The van der Waals surface area contributed by atoms with Gasteiger partial charge in [0.25, 0.3) is 0 Å². The summed E-state index contributed by atoms with van der Waals surface area (Å²) in [6, 6.07) is 6.84. The van der Waals surface area contributed by atoms with E-state index in [1.165, 1.54) is 22.1 Å². The first kappa shape index (κ1) is 15.5. The molecule has 9 heteroatoms. The standard InChI is InChI=1S/C16H14N6O2S/c1-16(24,13-18-6-7-25-13)9-2-3-10-11(8-9)22(15(23)20-10)12-4-5-19-14(17)21-12/h2-8,24H,1H3,(H,20,23)(H2,17,19,21)/t16-/m1/s1. The summed E-state index contributed by atoms with van der Waals surface area (Å²) in [6.07, 6.45) is 3.13. The molecule has 0 aliphatic rings. The van der Waals surface area contributed by atoms with Crippen molar-refractivity contribution in [3.63, 3.8) is 0 Å². The molecule has 4 rings (SSSR count). The first-order valence-corrected chi connectivity index (χ1v) is 8.31. The second kappa shape index (κ2) is 5.50. The molecule has 0 saturated heterocycles. The van der Waals surface area contributed by atoms with Gasteiger partial charge in [0.05, 0.1) is 11.0 Å². The summed E-state index contributed by atoms with van der Waals surface area (Å²) in [6.45, 7) is 1.67. The Morgan fingerprint density at radius 2 is 2.12 bits per heavy atom. The molecule has 4 aromatic rings. The van der Waals surface area contributed by atoms with Crippen molar-refractivity contribution in [1.29, 1.82) is 0 Å². The van der Waals surface area contributed by atoms with E-state index in [0.29, 0.717) is 27.4 Å². The van der Waals surface area contributed by atoms with E-state index in [4.69, 9.17) is 5.73 Å². The van der Waals surface area contributed by atoms with Crippen molar-refractivity contribution >= 4 is 28.3 Å². The molecule has 0 fully saturated rings. The van der Waals surface area contributed by atoms with E-state index < -0.39 is 5.60 Å². The van der Waals surface area contributed by atoms with Crippen molar-refractivity contribution in [2.24, 2.45) is 0 Å². The zero-order valence-corrected chi connectivity index (χ0v) is 14.0. The predicted octanol–water partition coefficient (Wildman–Crippen LogP) is 1.40. The van der Waals surface area contributed by atoms with Crippen LogP contribution in [0.2, 0.25) is 0 Å². The Bertz CT molecular complexity index is 1110. The van der Waals surface area contributed by atoms with E-state index in [1.54, 1.807) is 42.8 Å². The second-order valence-electron chi connectivity index (χ2n) is 5.68. The molecule has 0 aliphatic carbocycles. The highest BCUT2D eigenvalue weighted by Gasteiger charge is 2.29. The highest BCUT2D eigenvalue weighted by Crippen LogP contribution is 2.32. The molecular formula is C16H14N6O2S. The third-order valence-electron chi connectivity index (χ3n) is 3.98. The highest BCUT2D eigenvalue weighted by molar-refractivity contribution is 7.09. The van der Waals surface area contributed by atoms with Gasteiger partial charge >= 0.3 is 5.69 Å².